The minimum atomic E-state index is -0.982. The molecule has 0 spiro atoms. The summed E-state index contributed by atoms with van der Waals surface area (Å²) in [6, 6.07) is 5.26. The number of hydrogen-bond donors (Lipinski definition) is 3. The average Bonchev–Trinajstić information content (AvgIpc) is 2.34. The molecular weight excluding hydrogens is 216 g/mol. The molecule has 1 aromatic carbocycles. The molecule has 0 saturated carbocycles. The van der Waals surface area contributed by atoms with Gasteiger partial charge in [0.25, 0.3) is 0 Å². The zero-order valence-electron chi connectivity index (χ0n) is 10.4. The standard InChI is InChI=1S/C13H20N2O2/c1-3-9-6-5-7-10(4-2)12(9)15-8-11(14)13(16)17/h5-7,11,15H,3-4,8,14H2,1-2H3,(H,16,17). The molecule has 0 fully saturated rings. The highest BCUT2D eigenvalue weighted by atomic mass is 16.4. The lowest BCUT2D eigenvalue weighted by molar-refractivity contribution is -0.138. The second-order valence-corrected chi connectivity index (χ2v) is 3.98. The second-order valence-electron chi connectivity index (χ2n) is 3.98. The van der Waals surface area contributed by atoms with Gasteiger partial charge in [-0.3, -0.25) is 4.79 Å². The van der Waals surface area contributed by atoms with Gasteiger partial charge >= 0.3 is 5.97 Å². The summed E-state index contributed by atoms with van der Waals surface area (Å²) < 4.78 is 0. The molecular formula is C13H20N2O2. The molecule has 94 valence electrons. The highest BCUT2D eigenvalue weighted by Crippen LogP contribution is 2.22. The summed E-state index contributed by atoms with van der Waals surface area (Å²) in [6.45, 7) is 4.41. The predicted octanol–water partition coefficient (Wildman–Crippen LogP) is 1.64. The van der Waals surface area contributed by atoms with Crippen molar-refractivity contribution in [1.82, 2.24) is 0 Å². The van der Waals surface area contributed by atoms with Gasteiger partial charge in [0.1, 0.15) is 6.04 Å². The maximum Gasteiger partial charge on any atom is 0.322 e. The first-order valence-electron chi connectivity index (χ1n) is 5.93. The number of para-hydroxylation sites is 1. The van der Waals surface area contributed by atoms with E-state index in [0.29, 0.717) is 0 Å². The fourth-order valence-electron chi connectivity index (χ4n) is 1.77. The van der Waals surface area contributed by atoms with Gasteiger partial charge in [0.15, 0.2) is 0 Å². The van der Waals surface area contributed by atoms with E-state index in [1.807, 2.05) is 18.2 Å². The van der Waals surface area contributed by atoms with E-state index < -0.39 is 12.0 Å². The fraction of sp³-hybridized carbons (Fsp3) is 0.462. The van der Waals surface area contributed by atoms with Crippen molar-refractivity contribution in [3.63, 3.8) is 0 Å². The van der Waals surface area contributed by atoms with Crippen LogP contribution in [0.4, 0.5) is 5.69 Å². The van der Waals surface area contributed by atoms with E-state index in [0.717, 1.165) is 18.5 Å². The van der Waals surface area contributed by atoms with Crippen LogP contribution in [0.25, 0.3) is 0 Å². The summed E-state index contributed by atoms with van der Waals surface area (Å²) >= 11 is 0. The number of aryl methyl sites for hydroxylation is 2. The summed E-state index contributed by atoms with van der Waals surface area (Å²) in [5.74, 6) is -0.982. The molecule has 1 atom stereocenters. The third kappa shape index (κ3) is 3.46. The highest BCUT2D eigenvalue weighted by molar-refractivity contribution is 5.74. The molecule has 0 bridgehead atoms. The second kappa shape index (κ2) is 6.25. The fourth-order valence-corrected chi connectivity index (χ4v) is 1.77. The minimum Gasteiger partial charge on any atom is -0.480 e. The molecule has 17 heavy (non-hydrogen) atoms. The Morgan fingerprint density at radius 2 is 1.88 bits per heavy atom. The lowest BCUT2D eigenvalue weighted by Crippen LogP contribution is -2.37. The Morgan fingerprint density at radius 1 is 1.35 bits per heavy atom. The number of benzene rings is 1. The number of nitrogens with one attached hydrogen (secondary N) is 1. The van der Waals surface area contributed by atoms with E-state index in [2.05, 4.69) is 19.2 Å². The average molecular weight is 236 g/mol. The largest absolute Gasteiger partial charge is 0.480 e. The molecule has 0 aliphatic heterocycles. The molecule has 0 saturated heterocycles. The smallest absolute Gasteiger partial charge is 0.322 e. The Balaban J connectivity index is 2.84. The van der Waals surface area contributed by atoms with Crippen molar-refractivity contribution < 1.29 is 9.90 Å². The summed E-state index contributed by atoms with van der Waals surface area (Å²) in [6.07, 6.45) is 1.83. The van der Waals surface area contributed by atoms with Crippen molar-refractivity contribution in [2.75, 3.05) is 11.9 Å². The molecule has 0 aromatic heterocycles. The van der Waals surface area contributed by atoms with Crippen LogP contribution in [-0.2, 0) is 17.6 Å². The molecule has 0 heterocycles. The Kier molecular flexibility index (Phi) is 4.97. The normalized spacial score (nSPS) is 12.2. The molecule has 1 rings (SSSR count). The van der Waals surface area contributed by atoms with Crippen LogP contribution in [0.5, 0.6) is 0 Å². The SMILES string of the molecule is CCc1cccc(CC)c1NCC(N)C(=O)O. The van der Waals surface area contributed by atoms with Gasteiger partial charge in [-0.15, -0.1) is 0 Å². The van der Waals surface area contributed by atoms with Gasteiger partial charge in [0.2, 0.25) is 0 Å². The molecule has 0 aliphatic rings. The third-order valence-electron chi connectivity index (χ3n) is 2.81. The van der Waals surface area contributed by atoms with Crippen molar-refractivity contribution in [3.8, 4) is 0 Å². The van der Waals surface area contributed by atoms with E-state index in [1.165, 1.54) is 11.1 Å². The molecule has 1 aromatic rings. The van der Waals surface area contributed by atoms with E-state index >= 15 is 0 Å². The van der Waals surface area contributed by atoms with Crippen LogP contribution in [-0.4, -0.2) is 23.7 Å². The van der Waals surface area contributed by atoms with Gasteiger partial charge in [-0.1, -0.05) is 32.0 Å². The molecule has 0 radical (unpaired) electrons. The number of carboxylic acid groups (broad SMARTS) is 1. The van der Waals surface area contributed by atoms with Crippen molar-refractivity contribution in [2.24, 2.45) is 5.73 Å². The van der Waals surface area contributed by atoms with Crippen molar-refractivity contribution >= 4 is 11.7 Å². The quantitative estimate of drug-likeness (QED) is 0.702. The van der Waals surface area contributed by atoms with Gasteiger partial charge < -0.3 is 16.2 Å². The van der Waals surface area contributed by atoms with Crippen molar-refractivity contribution in [2.45, 2.75) is 32.7 Å². The predicted molar refractivity (Wildman–Crippen MR) is 69.3 cm³/mol. The number of nitrogens with two attached hydrogens (primary N) is 1. The van der Waals surface area contributed by atoms with Gasteiger partial charge in [-0.2, -0.15) is 0 Å². The number of anilines is 1. The maximum atomic E-state index is 10.7. The minimum absolute atomic E-state index is 0.249. The van der Waals surface area contributed by atoms with Crippen LogP contribution in [0.3, 0.4) is 0 Å². The zero-order chi connectivity index (χ0) is 12.8. The van der Waals surface area contributed by atoms with Crippen LogP contribution in [0, 0.1) is 0 Å². The lowest BCUT2D eigenvalue weighted by Gasteiger charge is -2.16. The van der Waals surface area contributed by atoms with Crippen LogP contribution >= 0.6 is 0 Å². The summed E-state index contributed by atoms with van der Waals surface area (Å²) in [4.78, 5) is 10.7. The van der Waals surface area contributed by atoms with E-state index in [9.17, 15) is 4.79 Å². The Hall–Kier alpha value is -1.55. The first-order valence-corrected chi connectivity index (χ1v) is 5.93. The lowest BCUT2D eigenvalue weighted by atomic mass is 10.0. The first kappa shape index (κ1) is 13.5. The highest BCUT2D eigenvalue weighted by Gasteiger charge is 2.12. The molecule has 4 nitrogen and oxygen atoms in total. The molecule has 4 N–H and O–H groups in total. The molecule has 0 amide bonds. The van der Waals surface area contributed by atoms with Crippen molar-refractivity contribution in [3.05, 3.63) is 29.3 Å². The first-order chi connectivity index (χ1) is 8.10. The van der Waals surface area contributed by atoms with Gasteiger partial charge in [-0.25, -0.2) is 0 Å². The van der Waals surface area contributed by atoms with Crippen LogP contribution in [0.1, 0.15) is 25.0 Å². The topological polar surface area (TPSA) is 75.3 Å². The third-order valence-corrected chi connectivity index (χ3v) is 2.81. The number of rotatable bonds is 6. The Morgan fingerprint density at radius 3 is 2.29 bits per heavy atom. The summed E-state index contributed by atoms with van der Waals surface area (Å²) in [7, 11) is 0. The summed E-state index contributed by atoms with van der Waals surface area (Å²) in [5.41, 5.74) is 8.91. The molecule has 1 unspecified atom stereocenters. The van der Waals surface area contributed by atoms with Gasteiger partial charge in [0.05, 0.1) is 0 Å². The number of carbonyl (C=O) groups is 1. The van der Waals surface area contributed by atoms with Gasteiger partial charge in [0, 0.05) is 12.2 Å². The molecule has 4 heteroatoms. The Labute approximate surface area is 102 Å². The number of aliphatic carboxylic acids is 1. The summed E-state index contributed by atoms with van der Waals surface area (Å²) in [5, 5.41) is 11.9. The maximum absolute atomic E-state index is 10.7. The zero-order valence-corrected chi connectivity index (χ0v) is 10.4. The van der Waals surface area contributed by atoms with E-state index in [-0.39, 0.29) is 6.54 Å². The van der Waals surface area contributed by atoms with Gasteiger partial charge in [-0.05, 0) is 24.0 Å². The molecule has 0 aliphatic carbocycles. The van der Waals surface area contributed by atoms with Crippen LogP contribution in [0.2, 0.25) is 0 Å². The van der Waals surface area contributed by atoms with E-state index in [1.54, 1.807) is 0 Å². The number of hydrogen-bond acceptors (Lipinski definition) is 3. The van der Waals surface area contributed by atoms with Crippen molar-refractivity contribution in [1.29, 1.82) is 0 Å². The van der Waals surface area contributed by atoms with Crippen LogP contribution < -0.4 is 11.1 Å². The number of carboxylic acids is 1. The Bertz CT molecular complexity index is 369. The monoisotopic (exact) mass is 236 g/mol. The van der Waals surface area contributed by atoms with Crippen LogP contribution in [0.15, 0.2) is 18.2 Å². The van der Waals surface area contributed by atoms with E-state index in [4.69, 9.17) is 10.8 Å².